The first-order valence-electron chi connectivity index (χ1n) is 6.50. The van der Waals surface area contributed by atoms with Crippen LogP contribution in [0.1, 0.15) is 16.8 Å². The van der Waals surface area contributed by atoms with Gasteiger partial charge in [0.15, 0.2) is 9.84 Å². The Bertz CT molecular complexity index is 706. The first kappa shape index (κ1) is 17.1. The third-order valence-electron chi connectivity index (χ3n) is 3.19. The van der Waals surface area contributed by atoms with Crippen LogP contribution in [0, 0.1) is 0 Å². The summed E-state index contributed by atoms with van der Waals surface area (Å²) in [5, 5.41) is 5.60. The molecule has 1 heterocycles. The fraction of sp³-hybridized carbons (Fsp3) is 0.385. The Kier molecular flexibility index (Phi) is 5.31. The summed E-state index contributed by atoms with van der Waals surface area (Å²) >= 11 is 11.6. The largest absolute Gasteiger partial charge is 0.351 e. The predicted molar refractivity (Wildman–Crippen MR) is 84.0 cm³/mol. The number of hydrogen-bond acceptors (Lipinski definition) is 4. The molecule has 0 saturated carbocycles. The smallest absolute Gasteiger partial charge is 0.251 e. The third-order valence-corrected chi connectivity index (χ3v) is 5.70. The number of hydrogen-bond donors (Lipinski definition) is 2. The number of carbonyl (C=O) groups excluding carboxylic acids is 2. The Balaban J connectivity index is 1.83. The minimum Gasteiger partial charge on any atom is -0.351 e. The van der Waals surface area contributed by atoms with E-state index in [9.17, 15) is 18.0 Å². The van der Waals surface area contributed by atoms with Gasteiger partial charge >= 0.3 is 0 Å². The van der Waals surface area contributed by atoms with Gasteiger partial charge in [-0.25, -0.2) is 8.42 Å². The van der Waals surface area contributed by atoms with Crippen LogP contribution in [0.5, 0.6) is 0 Å². The van der Waals surface area contributed by atoms with Crippen molar-refractivity contribution in [3.8, 4) is 0 Å². The lowest BCUT2D eigenvalue weighted by atomic mass is 10.2. The van der Waals surface area contributed by atoms with Gasteiger partial charge in [-0.05, 0) is 24.6 Å². The van der Waals surface area contributed by atoms with E-state index in [4.69, 9.17) is 23.2 Å². The van der Waals surface area contributed by atoms with Crippen LogP contribution in [0.15, 0.2) is 18.2 Å². The second-order valence-electron chi connectivity index (χ2n) is 4.98. The molecular formula is C13H14Cl2N2O4S. The predicted octanol–water partition coefficient (Wildman–Crippen LogP) is 1.03. The Labute approximate surface area is 138 Å². The highest BCUT2D eigenvalue weighted by Gasteiger charge is 2.28. The lowest BCUT2D eigenvalue weighted by Gasteiger charge is -2.11. The number of amides is 2. The molecule has 120 valence electrons. The van der Waals surface area contributed by atoms with Crippen molar-refractivity contribution in [2.75, 3.05) is 18.1 Å². The summed E-state index contributed by atoms with van der Waals surface area (Å²) in [6, 6.07) is 3.99. The molecule has 1 aromatic carbocycles. The number of sulfone groups is 1. The second-order valence-corrected chi connectivity index (χ2v) is 8.02. The van der Waals surface area contributed by atoms with Crippen LogP contribution >= 0.6 is 23.2 Å². The summed E-state index contributed by atoms with van der Waals surface area (Å²) in [6.45, 7) is -0.240. The molecule has 1 aromatic rings. The molecule has 22 heavy (non-hydrogen) atoms. The SMILES string of the molecule is O=C(CNC(=O)c1ccc(Cl)c(Cl)c1)NC1CCS(=O)(=O)C1. The van der Waals surface area contributed by atoms with E-state index in [0.29, 0.717) is 11.4 Å². The van der Waals surface area contributed by atoms with E-state index >= 15 is 0 Å². The van der Waals surface area contributed by atoms with E-state index < -0.39 is 21.7 Å². The molecule has 2 N–H and O–H groups in total. The van der Waals surface area contributed by atoms with Crippen molar-refractivity contribution in [3.05, 3.63) is 33.8 Å². The lowest BCUT2D eigenvalue weighted by molar-refractivity contribution is -0.120. The van der Waals surface area contributed by atoms with Gasteiger partial charge in [0.2, 0.25) is 5.91 Å². The Morgan fingerprint density at radius 2 is 1.95 bits per heavy atom. The fourth-order valence-electron chi connectivity index (χ4n) is 2.09. The molecule has 1 saturated heterocycles. The first-order valence-corrected chi connectivity index (χ1v) is 9.07. The van der Waals surface area contributed by atoms with Gasteiger partial charge in [0, 0.05) is 11.6 Å². The molecule has 1 atom stereocenters. The number of rotatable bonds is 4. The van der Waals surface area contributed by atoms with Gasteiger partial charge in [-0.15, -0.1) is 0 Å². The molecule has 1 aliphatic rings. The molecule has 0 radical (unpaired) electrons. The molecule has 1 fully saturated rings. The van der Waals surface area contributed by atoms with Crippen LogP contribution in [0.25, 0.3) is 0 Å². The molecular weight excluding hydrogens is 351 g/mol. The Morgan fingerprint density at radius 1 is 1.23 bits per heavy atom. The number of nitrogens with one attached hydrogen (secondary N) is 2. The van der Waals surface area contributed by atoms with Gasteiger partial charge in [-0.1, -0.05) is 23.2 Å². The van der Waals surface area contributed by atoms with Gasteiger partial charge in [-0.2, -0.15) is 0 Å². The summed E-state index contributed by atoms with van der Waals surface area (Å²) in [5.74, 6) is -0.879. The quantitative estimate of drug-likeness (QED) is 0.834. The van der Waals surface area contributed by atoms with E-state index in [-0.39, 0.29) is 34.7 Å². The highest BCUT2D eigenvalue weighted by molar-refractivity contribution is 7.91. The average Bonchev–Trinajstić information content (AvgIpc) is 2.78. The number of halogens is 2. The summed E-state index contributed by atoms with van der Waals surface area (Å²) in [6.07, 6.45) is 0.398. The van der Waals surface area contributed by atoms with Crippen LogP contribution in [-0.4, -0.2) is 44.3 Å². The molecule has 0 spiro atoms. The Morgan fingerprint density at radius 3 is 2.55 bits per heavy atom. The lowest BCUT2D eigenvalue weighted by Crippen LogP contribution is -2.42. The molecule has 1 unspecified atom stereocenters. The molecule has 0 aromatic heterocycles. The summed E-state index contributed by atoms with van der Waals surface area (Å²) in [4.78, 5) is 23.6. The van der Waals surface area contributed by atoms with Crippen molar-refractivity contribution in [2.45, 2.75) is 12.5 Å². The maximum absolute atomic E-state index is 11.9. The van der Waals surface area contributed by atoms with Crippen LogP contribution in [0.4, 0.5) is 0 Å². The van der Waals surface area contributed by atoms with Crippen molar-refractivity contribution >= 4 is 44.9 Å². The maximum atomic E-state index is 11.9. The van der Waals surface area contributed by atoms with Crippen molar-refractivity contribution < 1.29 is 18.0 Å². The molecule has 0 aliphatic carbocycles. The topological polar surface area (TPSA) is 92.3 Å². The zero-order valence-electron chi connectivity index (χ0n) is 11.4. The summed E-state index contributed by atoms with van der Waals surface area (Å²) < 4.78 is 22.6. The van der Waals surface area contributed by atoms with Crippen LogP contribution in [0.3, 0.4) is 0 Å². The van der Waals surface area contributed by atoms with E-state index in [1.54, 1.807) is 0 Å². The van der Waals surface area contributed by atoms with E-state index in [1.807, 2.05) is 0 Å². The van der Waals surface area contributed by atoms with Gasteiger partial charge < -0.3 is 10.6 Å². The van der Waals surface area contributed by atoms with Gasteiger partial charge in [-0.3, -0.25) is 9.59 Å². The van der Waals surface area contributed by atoms with Crippen LogP contribution in [-0.2, 0) is 14.6 Å². The molecule has 0 bridgehead atoms. The van der Waals surface area contributed by atoms with E-state index in [2.05, 4.69) is 10.6 Å². The van der Waals surface area contributed by atoms with Crippen molar-refractivity contribution in [1.29, 1.82) is 0 Å². The second kappa shape index (κ2) is 6.85. The van der Waals surface area contributed by atoms with E-state index in [0.717, 1.165) is 0 Å². The van der Waals surface area contributed by atoms with Crippen molar-refractivity contribution in [1.82, 2.24) is 10.6 Å². The maximum Gasteiger partial charge on any atom is 0.251 e. The fourth-order valence-corrected chi connectivity index (χ4v) is 4.06. The van der Waals surface area contributed by atoms with Crippen LogP contribution < -0.4 is 10.6 Å². The average molecular weight is 365 g/mol. The van der Waals surface area contributed by atoms with E-state index in [1.165, 1.54) is 18.2 Å². The van der Waals surface area contributed by atoms with Crippen molar-refractivity contribution in [3.63, 3.8) is 0 Å². The first-order chi connectivity index (χ1) is 10.3. The van der Waals surface area contributed by atoms with Crippen LogP contribution in [0.2, 0.25) is 10.0 Å². The summed E-state index contributed by atoms with van der Waals surface area (Å²) in [5.41, 5.74) is 0.283. The molecule has 2 rings (SSSR count). The standard InChI is InChI=1S/C13H14Cl2N2O4S/c14-10-2-1-8(5-11(10)15)13(19)16-6-12(18)17-9-3-4-22(20,21)7-9/h1-2,5,9H,3-4,6-7H2,(H,16,19)(H,17,18). The third kappa shape index (κ3) is 4.59. The minimum atomic E-state index is -3.05. The van der Waals surface area contributed by atoms with Gasteiger partial charge in [0.25, 0.3) is 5.91 Å². The zero-order chi connectivity index (χ0) is 16.3. The molecule has 1 aliphatic heterocycles. The molecule has 2 amide bonds. The highest BCUT2D eigenvalue weighted by Crippen LogP contribution is 2.22. The van der Waals surface area contributed by atoms with Gasteiger partial charge in [0.1, 0.15) is 0 Å². The van der Waals surface area contributed by atoms with Crippen molar-refractivity contribution in [2.24, 2.45) is 0 Å². The number of benzene rings is 1. The summed E-state index contributed by atoms with van der Waals surface area (Å²) in [7, 11) is -3.05. The molecule has 9 heteroatoms. The minimum absolute atomic E-state index is 0.0561. The highest BCUT2D eigenvalue weighted by atomic mass is 35.5. The normalized spacial score (nSPS) is 19.6. The Hall–Kier alpha value is -1.31. The molecule has 6 nitrogen and oxygen atoms in total. The number of carbonyl (C=O) groups is 2. The monoisotopic (exact) mass is 364 g/mol. The zero-order valence-corrected chi connectivity index (χ0v) is 13.8. The van der Waals surface area contributed by atoms with Gasteiger partial charge in [0.05, 0.1) is 28.1 Å².